The van der Waals surface area contributed by atoms with Gasteiger partial charge in [-0.3, -0.25) is 4.79 Å². The zero-order valence-corrected chi connectivity index (χ0v) is 21.0. The fraction of sp³-hybridized carbons (Fsp3) is 0.458. The van der Waals surface area contributed by atoms with E-state index in [9.17, 15) is 26.0 Å². The molecule has 0 aromatic heterocycles. The number of carbonyl (C=O) groups excluding carboxylic acids is 1. The number of benzene rings is 2. The monoisotopic (exact) mass is 523 g/mol. The number of carbonyl (C=O) groups is 1. The molecule has 0 radical (unpaired) electrons. The van der Waals surface area contributed by atoms with E-state index in [4.69, 9.17) is 0 Å². The van der Waals surface area contributed by atoms with Gasteiger partial charge in [-0.05, 0) is 67.6 Å². The Labute approximate surface area is 206 Å². The molecule has 1 N–H and O–H groups in total. The molecule has 2 aliphatic heterocycles. The molecule has 2 heterocycles. The molecule has 1 atom stereocenters. The molecule has 4 rings (SSSR count). The molecule has 2 fully saturated rings. The first-order chi connectivity index (χ1) is 16.7. The van der Waals surface area contributed by atoms with Gasteiger partial charge in [-0.1, -0.05) is 18.6 Å². The van der Waals surface area contributed by atoms with Crippen LogP contribution in [-0.2, 0) is 31.4 Å². The van der Waals surface area contributed by atoms with E-state index in [0.29, 0.717) is 32.5 Å². The fourth-order valence-corrected chi connectivity index (χ4v) is 7.54. The lowest BCUT2D eigenvalue weighted by molar-refractivity contribution is -0.126. The van der Waals surface area contributed by atoms with Crippen LogP contribution in [0.15, 0.2) is 58.3 Å². The third-order valence-electron chi connectivity index (χ3n) is 6.55. The first-order valence-electron chi connectivity index (χ1n) is 11.8. The number of halogens is 1. The summed E-state index contributed by atoms with van der Waals surface area (Å²) in [6, 6.07) is 11.1. The van der Waals surface area contributed by atoms with Crippen molar-refractivity contribution in [2.45, 2.75) is 48.4 Å². The maximum Gasteiger partial charge on any atom is 0.243 e. The Balaban J connectivity index is 1.34. The number of piperidine rings is 2. The predicted molar refractivity (Wildman–Crippen MR) is 129 cm³/mol. The smallest absolute Gasteiger partial charge is 0.243 e. The van der Waals surface area contributed by atoms with Crippen LogP contribution in [0.1, 0.15) is 37.7 Å². The number of sulfonamides is 2. The molecule has 190 valence electrons. The highest BCUT2D eigenvalue weighted by Gasteiger charge is 2.33. The second-order valence-electron chi connectivity index (χ2n) is 8.98. The van der Waals surface area contributed by atoms with Crippen molar-refractivity contribution in [3.05, 3.63) is 59.9 Å². The highest BCUT2D eigenvalue weighted by molar-refractivity contribution is 7.89. The van der Waals surface area contributed by atoms with E-state index in [1.165, 1.54) is 20.7 Å². The highest BCUT2D eigenvalue weighted by atomic mass is 32.2. The Morgan fingerprint density at radius 2 is 1.34 bits per heavy atom. The second-order valence-corrected chi connectivity index (χ2v) is 12.9. The van der Waals surface area contributed by atoms with E-state index >= 15 is 0 Å². The number of hydrogen-bond acceptors (Lipinski definition) is 5. The first kappa shape index (κ1) is 25.7. The summed E-state index contributed by atoms with van der Waals surface area (Å²) in [5, 5.41) is 2.84. The molecular weight excluding hydrogens is 493 g/mol. The molecule has 0 saturated carbocycles. The minimum atomic E-state index is -3.81. The Kier molecular flexibility index (Phi) is 7.89. The van der Waals surface area contributed by atoms with Crippen molar-refractivity contribution >= 4 is 26.0 Å². The van der Waals surface area contributed by atoms with Gasteiger partial charge in [-0.2, -0.15) is 8.61 Å². The molecule has 1 amide bonds. The van der Waals surface area contributed by atoms with Crippen LogP contribution in [0.5, 0.6) is 0 Å². The van der Waals surface area contributed by atoms with Gasteiger partial charge in [-0.25, -0.2) is 21.2 Å². The molecule has 0 bridgehead atoms. The minimum Gasteiger partial charge on any atom is -0.352 e. The summed E-state index contributed by atoms with van der Waals surface area (Å²) < 4.78 is 67.3. The molecule has 2 saturated heterocycles. The number of hydrogen-bond donors (Lipinski definition) is 1. The standard InChI is InChI=1S/C24H30FN3O5S2/c25-21-8-12-23(13-9-21)35(32,33)28-16-4-5-20(18-28)24(29)26-17-19-6-10-22(11-7-19)34(30,31)27-14-2-1-3-15-27/h6-13,20H,1-5,14-18H2,(H,26,29)/t20-/m0/s1. The molecule has 0 unspecified atom stereocenters. The van der Waals surface area contributed by atoms with Gasteiger partial charge in [-0.15, -0.1) is 0 Å². The summed E-state index contributed by atoms with van der Waals surface area (Å²) in [7, 11) is -7.32. The lowest BCUT2D eigenvalue weighted by Crippen LogP contribution is -2.45. The molecule has 2 aromatic carbocycles. The van der Waals surface area contributed by atoms with Crippen molar-refractivity contribution in [2.24, 2.45) is 5.92 Å². The van der Waals surface area contributed by atoms with Crippen LogP contribution in [0.2, 0.25) is 0 Å². The molecule has 11 heteroatoms. The molecule has 35 heavy (non-hydrogen) atoms. The highest BCUT2D eigenvalue weighted by Crippen LogP contribution is 2.25. The van der Waals surface area contributed by atoms with E-state index in [2.05, 4.69) is 5.32 Å². The molecule has 0 aliphatic carbocycles. The SMILES string of the molecule is O=C(NCc1ccc(S(=O)(=O)N2CCCCC2)cc1)[C@H]1CCCN(S(=O)(=O)c2ccc(F)cc2)C1. The van der Waals surface area contributed by atoms with Gasteiger partial charge >= 0.3 is 0 Å². The van der Waals surface area contributed by atoms with E-state index < -0.39 is 31.8 Å². The summed E-state index contributed by atoms with van der Waals surface area (Å²) in [6.07, 6.45) is 3.89. The minimum absolute atomic E-state index is 0.000413. The molecule has 8 nitrogen and oxygen atoms in total. The summed E-state index contributed by atoms with van der Waals surface area (Å²) in [4.78, 5) is 13.0. The largest absolute Gasteiger partial charge is 0.352 e. The predicted octanol–water partition coefficient (Wildman–Crippen LogP) is 2.72. The van der Waals surface area contributed by atoms with Gasteiger partial charge in [0.25, 0.3) is 0 Å². The van der Waals surface area contributed by atoms with Gasteiger partial charge in [0.2, 0.25) is 26.0 Å². The Morgan fingerprint density at radius 3 is 1.97 bits per heavy atom. The Morgan fingerprint density at radius 1 is 0.800 bits per heavy atom. The van der Waals surface area contributed by atoms with Crippen LogP contribution in [0.3, 0.4) is 0 Å². The normalized spacial score (nSPS) is 20.4. The zero-order chi connectivity index (χ0) is 25.1. The maximum atomic E-state index is 13.2. The van der Waals surface area contributed by atoms with Gasteiger partial charge in [0, 0.05) is 32.7 Å². The van der Waals surface area contributed by atoms with Gasteiger partial charge in [0.05, 0.1) is 15.7 Å². The zero-order valence-electron chi connectivity index (χ0n) is 19.4. The van der Waals surface area contributed by atoms with Gasteiger partial charge in [0.15, 0.2) is 0 Å². The topological polar surface area (TPSA) is 104 Å². The van der Waals surface area contributed by atoms with Crippen LogP contribution < -0.4 is 5.32 Å². The van der Waals surface area contributed by atoms with E-state index in [1.54, 1.807) is 24.3 Å². The second kappa shape index (κ2) is 10.7. The summed E-state index contributed by atoms with van der Waals surface area (Å²) in [5.74, 6) is -1.27. The van der Waals surface area contributed by atoms with Crippen LogP contribution in [0.25, 0.3) is 0 Å². The Hall–Kier alpha value is -2.34. The molecule has 2 aliphatic rings. The molecule has 2 aromatic rings. The van der Waals surface area contributed by atoms with Crippen LogP contribution in [0, 0.1) is 11.7 Å². The van der Waals surface area contributed by atoms with Crippen molar-refractivity contribution in [3.63, 3.8) is 0 Å². The lowest BCUT2D eigenvalue weighted by Gasteiger charge is -2.31. The molecule has 0 spiro atoms. The van der Waals surface area contributed by atoms with Gasteiger partial charge < -0.3 is 5.32 Å². The lowest BCUT2D eigenvalue weighted by atomic mass is 9.99. The van der Waals surface area contributed by atoms with Crippen molar-refractivity contribution in [3.8, 4) is 0 Å². The summed E-state index contributed by atoms with van der Waals surface area (Å²) in [6.45, 7) is 1.64. The van der Waals surface area contributed by atoms with Crippen LogP contribution in [-0.4, -0.2) is 57.5 Å². The van der Waals surface area contributed by atoms with Crippen LogP contribution in [0.4, 0.5) is 4.39 Å². The number of nitrogens with zero attached hydrogens (tertiary/aromatic N) is 2. The quantitative estimate of drug-likeness (QED) is 0.601. The first-order valence-corrected chi connectivity index (χ1v) is 14.7. The Bertz CT molecular complexity index is 1240. The van der Waals surface area contributed by atoms with E-state index in [0.717, 1.165) is 37.0 Å². The third-order valence-corrected chi connectivity index (χ3v) is 10.3. The fourth-order valence-electron chi connectivity index (χ4n) is 4.50. The third kappa shape index (κ3) is 5.91. The molecular formula is C24H30FN3O5S2. The summed E-state index contributed by atoms with van der Waals surface area (Å²) in [5.41, 5.74) is 0.752. The maximum absolute atomic E-state index is 13.2. The van der Waals surface area contributed by atoms with Crippen molar-refractivity contribution in [2.75, 3.05) is 26.2 Å². The average Bonchev–Trinajstić information content (AvgIpc) is 2.88. The van der Waals surface area contributed by atoms with Crippen molar-refractivity contribution < 1.29 is 26.0 Å². The number of nitrogens with one attached hydrogen (secondary N) is 1. The van der Waals surface area contributed by atoms with Crippen molar-refractivity contribution in [1.82, 2.24) is 13.9 Å². The van der Waals surface area contributed by atoms with E-state index in [-0.39, 0.29) is 28.8 Å². The van der Waals surface area contributed by atoms with E-state index in [1.807, 2.05) is 0 Å². The number of rotatable bonds is 7. The number of amides is 1. The summed E-state index contributed by atoms with van der Waals surface area (Å²) >= 11 is 0. The van der Waals surface area contributed by atoms with Crippen LogP contribution >= 0.6 is 0 Å². The van der Waals surface area contributed by atoms with Crippen molar-refractivity contribution in [1.29, 1.82) is 0 Å². The average molecular weight is 524 g/mol. The van der Waals surface area contributed by atoms with Gasteiger partial charge in [0.1, 0.15) is 5.82 Å².